The Morgan fingerprint density at radius 1 is 1.00 bits per heavy atom. The van der Waals surface area contributed by atoms with Crippen LogP contribution in [0.2, 0.25) is 0 Å². The number of amides is 2. The van der Waals surface area contributed by atoms with Crippen molar-refractivity contribution >= 4 is 27.5 Å². The van der Waals surface area contributed by atoms with Gasteiger partial charge < -0.3 is 10.2 Å². The minimum absolute atomic E-state index is 0.121. The van der Waals surface area contributed by atoms with Gasteiger partial charge in [0.1, 0.15) is 6.04 Å². The monoisotopic (exact) mass is 515 g/mol. The van der Waals surface area contributed by atoms with E-state index < -0.39 is 21.6 Å². The van der Waals surface area contributed by atoms with Gasteiger partial charge >= 0.3 is 0 Å². The fourth-order valence-corrected chi connectivity index (χ4v) is 4.91. The fraction of sp³-hybridized carbons (Fsp3) is 0.500. The molecule has 0 radical (unpaired) electrons. The average molecular weight is 516 g/mol. The van der Waals surface area contributed by atoms with Gasteiger partial charge in [0.25, 0.3) is 0 Å². The smallest absolute Gasteiger partial charge is 0.242 e. The second-order valence-electron chi connectivity index (χ2n) is 10.6. The van der Waals surface area contributed by atoms with E-state index in [2.05, 4.69) is 5.32 Å². The number of carbonyl (C=O) groups is 2. The van der Waals surface area contributed by atoms with Crippen LogP contribution in [0.4, 0.5) is 5.69 Å². The number of nitrogens with zero attached hydrogens (tertiary/aromatic N) is 2. The molecule has 0 saturated carbocycles. The van der Waals surface area contributed by atoms with Crippen LogP contribution in [0.15, 0.2) is 42.5 Å². The molecule has 2 aromatic rings. The summed E-state index contributed by atoms with van der Waals surface area (Å²) < 4.78 is 26.4. The molecule has 1 atom stereocenters. The van der Waals surface area contributed by atoms with Crippen molar-refractivity contribution in [3.63, 3.8) is 0 Å². The molecule has 7 nitrogen and oxygen atoms in total. The fourth-order valence-electron chi connectivity index (χ4n) is 3.95. The molecule has 0 unspecified atom stereocenters. The number of anilines is 1. The van der Waals surface area contributed by atoms with E-state index in [9.17, 15) is 18.0 Å². The number of sulfonamides is 1. The standard InChI is InChI=1S/C28H41N3O4S/c1-20-11-9-12-24(17-20)19-30(23(4)27(33)29-28(5,6)7)26(32)13-10-16-31(36(8,34)35)25-15-14-21(2)22(3)18-25/h9,11-12,14-15,17-18,23H,10,13,16,19H2,1-8H3,(H,29,33)/t23-/m1/s1. The summed E-state index contributed by atoms with van der Waals surface area (Å²) in [5, 5.41) is 2.96. The van der Waals surface area contributed by atoms with E-state index in [4.69, 9.17) is 0 Å². The third-order valence-electron chi connectivity index (χ3n) is 6.03. The van der Waals surface area contributed by atoms with Crippen molar-refractivity contribution in [2.24, 2.45) is 0 Å². The second-order valence-corrected chi connectivity index (χ2v) is 12.5. The van der Waals surface area contributed by atoms with Crippen LogP contribution in [0.5, 0.6) is 0 Å². The first kappa shape index (κ1) is 29.4. The van der Waals surface area contributed by atoms with Crippen molar-refractivity contribution in [3.8, 4) is 0 Å². The lowest BCUT2D eigenvalue weighted by molar-refractivity contribution is -0.141. The first-order chi connectivity index (χ1) is 16.6. The van der Waals surface area contributed by atoms with E-state index in [0.29, 0.717) is 18.7 Å². The summed E-state index contributed by atoms with van der Waals surface area (Å²) >= 11 is 0. The lowest BCUT2D eigenvalue weighted by atomic mass is 10.1. The normalized spacial score (nSPS) is 12.7. The highest BCUT2D eigenvalue weighted by molar-refractivity contribution is 7.92. The largest absolute Gasteiger partial charge is 0.350 e. The van der Waals surface area contributed by atoms with Crippen LogP contribution in [-0.4, -0.2) is 49.5 Å². The predicted octanol–water partition coefficient (Wildman–Crippen LogP) is 4.49. The number of rotatable bonds is 10. The molecule has 8 heteroatoms. The molecule has 0 aliphatic rings. The van der Waals surface area contributed by atoms with Crippen molar-refractivity contribution in [1.82, 2.24) is 10.2 Å². The lowest BCUT2D eigenvalue weighted by Crippen LogP contribution is -2.52. The van der Waals surface area contributed by atoms with Gasteiger partial charge in [-0.2, -0.15) is 0 Å². The maximum absolute atomic E-state index is 13.4. The number of benzene rings is 2. The Bertz CT molecular complexity index is 1190. The Morgan fingerprint density at radius 2 is 1.67 bits per heavy atom. The zero-order valence-corrected chi connectivity index (χ0v) is 23.7. The molecule has 1 N–H and O–H groups in total. The van der Waals surface area contributed by atoms with Gasteiger partial charge in [0.05, 0.1) is 11.9 Å². The minimum atomic E-state index is -3.52. The summed E-state index contributed by atoms with van der Waals surface area (Å²) in [6.45, 7) is 13.8. The van der Waals surface area contributed by atoms with Crippen molar-refractivity contribution in [2.45, 2.75) is 79.4 Å². The third-order valence-corrected chi connectivity index (χ3v) is 7.23. The molecule has 198 valence electrons. The molecule has 0 aromatic heterocycles. The summed E-state index contributed by atoms with van der Waals surface area (Å²) in [6, 6.07) is 12.7. The van der Waals surface area contributed by atoms with Gasteiger partial charge in [-0.05, 0) is 83.7 Å². The maximum atomic E-state index is 13.4. The van der Waals surface area contributed by atoms with Crippen LogP contribution < -0.4 is 9.62 Å². The summed E-state index contributed by atoms with van der Waals surface area (Å²) in [4.78, 5) is 27.9. The molecule has 36 heavy (non-hydrogen) atoms. The van der Waals surface area contributed by atoms with Gasteiger partial charge in [-0.25, -0.2) is 8.42 Å². The first-order valence-electron chi connectivity index (χ1n) is 12.3. The van der Waals surface area contributed by atoms with Crippen LogP contribution in [0.3, 0.4) is 0 Å². The molecular formula is C28H41N3O4S. The number of hydrogen-bond acceptors (Lipinski definition) is 4. The summed E-state index contributed by atoms with van der Waals surface area (Å²) in [6.07, 6.45) is 1.62. The molecule has 2 amide bonds. The van der Waals surface area contributed by atoms with Crippen LogP contribution in [0.25, 0.3) is 0 Å². The third kappa shape index (κ3) is 8.66. The van der Waals surface area contributed by atoms with Gasteiger partial charge in [0, 0.05) is 25.0 Å². The molecule has 2 rings (SSSR count). The average Bonchev–Trinajstić information content (AvgIpc) is 2.74. The Morgan fingerprint density at radius 3 is 2.22 bits per heavy atom. The van der Waals surface area contributed by atoms with E-state index in [-0.39, 0.29) is 24.8 Å². The molecule has 0 aliphatic carbocycles. The van der Waals surface area contributed by atoms with Crippen LogP contribution >= 0.6 is 0 Å². The summed E-state index contributed by atoms with van der Waals surface area (Å²) in [5.74, 6) is -0.419. The number of carbonyl (C=O) groups excluding carboxylic acids is 2. The lowest BCUT2D eigenvalue weighted by Gasteiger charge is -2.32. The molecule has 0 fully saturated rings. The van der Waals surface area contributed by atoms with Gasteiger partial charge in [-0.3, -0.25) is 13.9 Å². The molecule has 0 heterocycles. The second kappa shape index (κ2) is 11.9. The van der Waals surface area contributed by atoms with Crippen molar-refractivity contribution in [1.29, 1.82) is 0 Å². The number of aryl methyl sites for hydroxylation is 3. The van der Waals surface area contributed by atoms with E-state index >= 15 is 0 Å². The Hall–Kier alpha value is -2.87. The van der Waals surface area contributed by atoms with Crippen LogP contribution in [0, 0.1) is 20.8 Å². The van der Waals surface area contributed by atoms with E-state index in [0.717, 1.165) is 22.3 Å². The molecule has 0 saturated heterocycles. The van der Waals surface area contributed by atoms with E-state index in [1.54, 1.807) is 17.9 Å². The Balaban J connectivity index is 2.21. The SMILES string of the molecule is Cc1cccc(CN(C(=O)CCCN(c2ccc(C)c(C)c2)S(C)(=O)=O)[C@H](C)C(=O)NC(C)(C)C)c1. The van der Waals surface area contributed by atoms with Crippen molar-refractivity contribution < 1.29 is 18.0 Å². The van der Waals surface area contributed by atoms with Gasteiger partial charge in [-0.1, -0.05) is 35.9 Å². The van der Waals surface area contributed by atoms with Crippen molar-refractivity contribution in [3.05, 3.63) is 64.7 Å². The maximum Gasteiger partial charge on any atom is 0.242 e. The van der Waals surface area contributed by atoms with Crippen LogP contribution in [0.1, 0.15) is 62.8 Å². The minimum Gasteiger partial charge on any atom is -0.350 e. The number of hydrogen-bond donors (Lipinski definition) is 1. The zero-order valence-electron chi connectivity index (χ0n) is 22.9. The van der Waals surface area contributed by atoms with Crippen molar-refractivity contribution in [2.75, 3.05) is 17.1 Å². The molecule has 0 aliphatic heterocycles. The van der Waals surface area contributed by atoms with Gasteiger partial charge in [-0.15, -0.1) is 0 Å². The molecule has 2 aromatic carbocycles. The first-order valence-corrected chi connectivity index (χ1v) is 14.2. The Kier molecular flexibility index (Phi) is 9.71. The number of nitrogens with one attached hydrogen (secondary N) is 1. The zero-order chi connectivity index (χ0) is 27.3. The highest BCUT2D eigenvalue weighted by atomic mass is 32.2. The molecular weight excluding hydrogens is 474 g/mol. The summed E-state index contributed by atoms with van der Waals surface area (Å²) in [7, 11) is -3.52. The quantitative estimate of drug-likeness (QED) is 0.505. The van der Waals surface area contributed by atoms with Gasteiger partial charge in [0.2, 0.25) is 21.8 Å². The van der Waals surface area contributed by atoms with Crippen LogP contribution in [-0.2, 0) is 26.2 Å². The summed E-state index contributed by atoms with van der Waals surface area (Å²) in [5.41, 5.74) is 4.25. The van der Waals surface area contributed by atoms with Gasteiger partial charge in [0.15, 0.2) is 0 Å². The van der Waals surface area contributed by atoms with E-state index in [1.165, 1.54) is 10.6 Å². The topological polar surface area (TPSA) is 86.8 Å². The predicted molar refractivity (Wildman–Crippen MR) is 146 cm³/mol. The van der Waals surface area contributed by atoms with E-state index in [1.807, 2.05) is 77.9 Å². The highest BCUT2D eigenvalue weighted by Gasteiger charge is 2.28. The Labute approximate surface area is 216 Å². The molecule has 0 spiro atoms. The highest BCUT2D eigenvalue weighted by Crippen LogP contribution is 2.22. The molecule has 0 bridgehead atoms.